The molecule has 0 radical (unpaired) electrons. The van der Waals surface area contributed by atoms with E-state index in [1.165, 1.54) is 16.8 Å². The minimum Gasteiger partial charge on any atom is -0.494 e. The fourth-order valence-corrected chi connectivity index (χ4v) is 2.21. The van der Waals surface area contributed by atoms with Gasteiger partial charge >= 0.3 is 5.97 Å². The molecule has 0 bridgehead atoms. The van der Waals surface area contributed by atoms with E-state index < -0.39 is 5.97 Å². The Balaban J connectivity index is 1.70. The Kier molecular flexibility index (Phi) is 4.74. The second-order valence-corrected chi connectivity index (χ2v) is 4.63. The first kappa shape index (κ1) is 13.4. The summed E-state index contributed by atoms with van der Waals surface area (Å²) >= 11 is 1.29. The Bertz CT molecular complexity index is 528. The SMILES string of the molecule is O=C(O)c1ncsc1NCCCOc1ccccc1. The van der Waals surface area contributed by atoms with Gasteiger partial charge in [-0.05, 0) is 18.6 Å². The van der Waals surface area contributed by atoms with Gasteiger partial charge in [-0.15, -0.1) is 11.3 Å². The molecule has 0 atom stereocenters. The number of nitrogens with one attached hydrogen (secondary N) is 1. The van der Waals surface area contributed by atoms with Gasteiger partial charge < -0.3 is 15.2 Å². The maximum atomic E-state index is 10.8. The van der Waals surface area contributed by atoms with Crippen molar-refractivity contribution in [2.45, 2.75) is 6.42 Å². The molecular formula is C13H14N2O3S. The average molecular weight is 278 g/mol. The van der Waals surface area contributed by atoms with Crippen LogP contribution in [0.15, 0.2) is 35.8 Å². The summed E-state index contributed by atoms with van der Waals surface area (Å²) in [6.45, 7) is 1.23. The van der Waals surface area contributed by atoms with E-state index in [2.05, 4.69) is 10.3 Å². The third-order valence-electron chi connectivity index (χ3n) is 2.39. The number of anilines is 1. The molecule has 0 saturated carbocycles. The molecule has 5 nitrogen and oxygen atoms in total. The fourth-order valence-electron chi connectivity index (χ4n) is 1.50. The lowest BCUT2D eigenvalue weighted by molar-refractivity contribution is 0.0692. The number of hydrogen-bond acceptors (Lipinski definition) is 5. The first-order valence-corrected chi connectivity index (χ1v) is 6.74. The largest absolute Gasteiger partial charge is 0.494 e. The Morgan fingerprint density at radius 1 is 1.37 bits per heavy atom. The summed E-state index contributed by atoms with van der Waals surface area (Å²) < 4.78 is 5.53. The van der Waals surface area contributed by atoms with E-state index in [9.17, 15) is 4.79 Å². The van der Waals surface area contributed by atoms with Gasteiger partial charge in [0.1, 0.15) is 10.8 Å². The highest BCUT2D eigenvalue weighted by Gasteiger charge is 2.12. The molecule has 0 aliphatic rings. The van der Waals surface area contributed by atoms with Crippen LogP contribution in [0, 0.1) is 0 Å². The van der Waals surface area contributed by atoms with Crippen molar-refractivity contribution in [2.24, 2.45) is 0 Å². The van der Waals surface area contributed by atoms with Gasteiger partial charge in [0.25, 0.3) is 0 Å². The van der Waals surface area contributed by atoms with Crippen LogP contribution < -0.4 is 10.1 Å². The maximum Gasteiger partial charge on any atom is 0.357 e. The molecular weight excluding hydrogens is 264 g/mol. The maximum absolute atomic E-state index is 10.8. The Labute approximate surface area is 114 Å². The van der Waals surface area contributed by atoms with E-state index in [1.807, 2.05) is 30.3 Å². The van der Waals surface area contributed by atoms with Gasteiger partial charge in [-0.25, -0.2) is 9.78 Å². The minimum atomic E-state index is -1.01. The van der Waals surface area contributed by atoms with Gasteiger partial charge in [0, 0.05) is 6.54 Å². The zero-order valence-corrected chi connectivity index (χ0v) is 11.0. The molecule has 1 aromatic heterocycles. The van der Waals surface area contributed by atoms with Gasteiger partial charge in [-0.2, -0.15) is 0 Å². The van der Waals surface area contributed by atoms with E-state index in [1.54, 1.807) is 0 Å². The van der Waals surface area contributed by atoms with Crippen molar-refractivity contribution in [1.82, 2.24) is 4.98 Å². The van der Waals surface area contributed by atoms with Gasteiger partial charge in [-0.3, -0.25) is 0 Å². The van der Waals surface area contributed by atoms with E-state index in [-0.39, 0.29) is 5.69 Å². The predicted molar refractivity (Wildman–Crippen MR) is 74.1 cm³/mol. The van der Waals surface area contributed by atoms with Crippen molar-refractivity contribution in [3.8, 4) is 5.75 Å². The number of ether oxygens (including phenoxy) is 1. The number of carbonyl (C=O) groups is 1. The molecule has 2 aromatic rings. The molecule has 1 aromatic carbocycles. The Morgan fingerprint density at radius 3 is 2.89 bits per heavy atom. The van der Waals surface area contributed by atoms with Crippen LogP contribution in [-0.4, -0.2) is 29.2 Å². The highest BCUT2D eigenvalue weighted by Crippen LogP contribution is 2.19. The van der Waals surface area contributed by atoms with Crippen LogP contribution in [-0.2, 0) is 0 Å². The van der Waals surface area contributed by atoms with E-state index >= 15 is 0 Å². The third kappa shape index (κ3) is 3.96. The molecule has 2 rings (SSSR count). The first-order chi connectivity index (χ1) is 9.27. The van der Waals surface area contributed by atoms with Gasteiger partial charge in [0.05, 0.1) is 12.1 Å². The average Bonchev–Trinajstić information content (AvgIpc) is 2.88. The predicted octanol–water partition coefficient (Wildman–Crippen LogP) is 2.72. The number of nitrogens with zero attached hydrogens (tertiary/aromatic N) is 1. The molecule has 0 aliphatic carbocycles. The van der Waals surface area contributed by atoms with Crippen molar-refractivity contribution in [2.75, 3.05) is 18.5 Å². The quantitative estimate of drug-likeness (QED) is 0.762. The van der Waals surface area contributed by atoms with Crippen LogP contribution in [0.3, 0.4) is 0 Å². The van der Waals surface area contributed by atoms with Gasteiger partial charge in [0.2, 0.25) is 0 Å². The fraction of sp³-hybridized carbons (Fsp3) is 0.231. The number of carboxylic acids is 1. The molecule has 0 saturated heterocycles. The van der Waals surface area contributed by atoms with Crippen LogP contribution in [0.1, 0.15) is 16.9 Å². The summed E-state index contributed by atoms with van der Waals surface area (Å²) in [5.74, 6) is -0.171. The van der Waals surface area contributed by atoms with Crippen LogP contribution in [0.4, 0.5) is 5.00 Å². The summed E-state index contributed by atoms with van der Waals surface area (Å²) in [5, 5.41) is 12.5. The smallest absolute Gasteiger partial charge is 0.357 e. The summed E-state index contributed by atoms with van der Waals surface area (Å²) in [6, 6.07) is 9.58. The van der Waals surface area contributed by atoms with Crippen molar-refractivity contribution in [1.29, 1.82) is 0 Å². The second-order valence-electron chi connectivity index (χ2n) is 3.78. The van der Waals surface area contributed by atoms with Crippen molar-refractivity contribution in [3.63, 3.8) is 0 Å². The summed E-state index contributed by atoms with van der Waals surface area (Å²) in [4.78, 5) is 14.6. The molecule has 0 fully saturated rings. The number of para-hydroxylation sites is 1. The molecule has 19 heavy (non-hydrogen) atoms. The van der Waals surface area contributed by atoms with Crippen LogP contribution >= 0.6 is 11.3 Å². The zero-order chi connectivity index (χ0) is 13.5. The standard InChI is InChI=1S/C13H14N2O3S/c16-13(17)11-12(19-9-15-11)14-7-4-8-18-10-5-2-1-3-6-10/h1-3,5-6,9,14H,4,7-8H2,(H,16,17). The monoisotopic (exact) mass is 278 g/mol. The van der Waals surface area contributed by atoms with Crippen LogP contribution in [0.2, 0.25) is 0 Å². The number of benzene rings is 1. The Morgan fingerprint density at radius 2 is 2.16 bits per heavy atom. The number of carboxylic acid groups (broad SMARTS) is 1. The molecule has 0 amide bonds. The van der Waals surface area contributed by atoms with Crippen molar-refractivity contribution in [3.05, 3.63) is 41.5 Å². The zero-order valence-electron chi connectivity index (χ0n) is 10.2. The van der Waals surface area contributed by atoms with Gasteiger partial charge in [-0.1, -0.05) is 18.2 Å². The van der Waals surface area contributed by atoms with Crippen molar-refractivity contribution >= 4 is 22.3 Å². The number of rotatable bonds is 7. The number of hydrogen-bond donors (Lipinski definition) is 2. The normalized spacial score (nSPS) is 10.1. The second kappa shape index (κ2) is 6.75. The van der Waals surface area contributed by atoms with E-state index in [0.29, 0.717) is 18.2 Å². The molecule has 1 heterocycles. The lowest BCUT2D eigenvalue weighted by Crippen LogP contribution is -2.09. The summed E-state index contributed by atoms with van der Waals surface area (Å²) in [6.07, 6.45) is 0.784. The lowest BCUT2D eigenvalue weighted by atomic mass is 10.3. The summed E-state index contributed by atoms with van der Waals surface area (Å²) in [7, 11) is 0. The first-order valence-electron chi connectivity index (χ1n) is 5.86. The molecule has 100 valence electrons. The molecule has 0 aliphatic heterocycles. The highest BCUT2D eigenvalue weighted by molar-refractivity contribution is 7.14. The summed E-state index contributed by atoms with van der Waals surface area (Å²) in [5.41, 5.74) is 1.60. The topological polar surface area (TPSA) is 71.5 Å². The lowest BCUT2D eigenvalue weighted by Gasteiger charge is -2.07. The molecule has 0 unspecified atom stereocenters. The Hall–Kier alpha value is -2.08. The molecule has 2 N–H and O–H groups in total. The minimum absolute atomic E-state index is 0.0778. The van der Waals surface area contributed by atoms with E-state index in [0.717, 1.165) is 12.2 Å². The van der Waals surface area contributed by atoms with Gasteiger partial charge in [0.15, 0.2) is 5.69 Å². The number of aromatic nitrogens is 1. The number of thiazole rings is 1. The van der Waals surface area contributed by atoms with Crippen molar-refractivity contribution < 1.29 is 14.6 Å². The van der Waals surface area contributed by atoms with Crippen LogP contribution in [0.5, 0.6) is 5.75 Å². The third-order valence-corrected chi connectivity index (χ3v) is 3.17. The van der Waals surface area contributed by atoms with E-state index in [4.69, 9.17) is 9.84 Å². The number of aromatic carboxylic acids is 1. The molecule has 0 spiro atoms. The molecule has 6 heteroatoms. The highest BCUT2D eigenvalue weighted by atomic mass is 32.1. The van der Waals surface area contributed by atoms with Crippen LogP contribution in [0.25, 0.3) is 0 Å².